The maximum Gasteiger partial charge on any atom is 0.335 e. The third kappa shape index (κ3) is 2.65. The molecule has 0 unspecified atom stereocenters. The molecule has 0 amide bonds. The Kier molecular flexibility index (Phi) is 3.34. The van der Waals surface area contributed by atoms with E-state index < -0.39 is 5.97 Å². The molecule has 4 heteroatoms. The number of aromatic hydroxyl groups is 1. The lowest BCUT2D eigenvalue weighted by molar-refractivity contribution is 0.0696. The van der Waals surface area contributed by atoms with Gasteiger partial charge in [-0.3, -0.25) is 0 Å². The van der Waals surface area contributed by atoms with Gasteiger partial charge in [0.2, 0.25) is 0 Å². The number of carbonyl (C=O) groups is 1. The van der Waals surface area contributed by atoms with E-state index in [0.717, 1.165) is 13.0 Å². The molecule has 0 radical (unpaired) electrons. The maximum atomic E-state index is 10.6. The summed E-state index contributed by atoms with van der Waals surface area (Å²) in [6, 6.07) is 4.22. The number of hydrogen-bond donors (Lipinski definition) is 3. The number of benzene rings is 1. The number of hydrogen-bond acceptors (Lipinski definition) is 3. The Labute approximate surface area is 82.2 Å². The summed E-state index contributed by atoms with van der Waals surface area (Å²) in [5.41, 5.74) is 0.716. The highest BCUT2D eigenvalue weighted by Gasteiger charge is 2.05. The van der Waals surface area contributed by atoms with Crippen molar-refractivity contribution in [2.75, 3.05) is 11.9 Å². The molecule has 1 aromatic rings. The van der Waals surface area contributed by atoms with Crippen LogP contribution in [0.1, 0.15) is 23.7 Å². The van der Waals surface area contributed by atoms with Crippen LogP contribution in [0.15, 0.2) is 18.2 Å². The van der Waals surface area contributed by atoms with Crippen molar-refractivity contribution in [3.63, 3.8) is 0 Å². The van der Waals surface area contributed by atoms with Gasteiger partial charge in [0.1, 0.15) is 5.75 Å². The largest absolute Gasteiger partial charge is 0.508 e. The molecule has 3 N–H and O–H groups in total. The number of phenols is 1. The van der Waals surface area contributed by atoms with E-state index in [2.05, 4.69) is 5.32 Å². The van der Waals surface area contributed by atoms with Crippen LogP contribution >= 0.6 is 0 Å². The van der Waals surface area contributed by atoms with Crippen molar-refractivity contribution in [3.05, 3.63) is 23.8 Å². The minimum absolute atomic E-state index is 0.0384. The highest BCUT2D eigenvalue weighted by molar-refractivity contribution is 5.89. The summed E-state index contributed by atoms with van der Waals surface area (Å²) in [7, 11) is 0. The molecule has 0 aliphatic rings. The zero-order chi connectivity index (χ0) is 10.6. The van der Waals surface area contributed by atoms with Crippen LogP contribution in [-0.4, -0.2) is 22.7 Å². The molecule has 1 rings (SSSR count). The Bertz CT molecular complexity index is 336. The zero-order valence-electron chi connectivity index (χ0n) is 7.95. The average Bonchev–Trinajstić information content (AvgIpc) is 2.14. The fourth-order valence-corrected chi connectivity index (χ4v) is 1.11. The molecule has 0 saturated carbocycles. The van der Waals surface area contributed by atoms with E-state index in [1.54, 1.807) is 0 Å². The number of carboxylic acid groups (broad SMARTS) is 1. The Morgan fingerprint density at radius 3 is 2.71 bits per heavy atom. The first-order chi connectivity index (χ1) is 6.63. The standard InChI is InChI=1S/C10H13NO3/c1-2-3-11-8-4-7(10(13)14)5-9(12)6-8/h4-6,11-12H,2-3H2,1H3,(H,13,14). The van der Waals surface area contributed by atoms with Gasteiger partial charge in [0.15, 0.2) is 0 Å². The molecule has 1 aromatic carbocycles. The van der Waals surface area contributed by atoms with Crippen molar-refractivity contribution in [3.8, 4) is 5.75 Å². The van der Waals surface area contributed by atoms with Crippen LogP contribution < -0.4 is 5.32 Å². The summed E-state index contributed by atoms with van der Waals surface area (Å²) in [5.74, 6) is -1.08. The number of phenolic OH excluding ortho intramolecular Hbond substituents is 1. The van der Waals surface area contributed by atoms with Crippen LogP contribution in [0.5, 0.6) is 5.75 Å². The monoisotopic (exact) mass is 195 g/mol. The topological polar surface area (TPSA) is 69.6 Å². The summed E-state index contributed by atoms with van der Waals surface area (Å²) < 4.78 is 0. The van der Waals surface area contributed by atoms with Crippen LogP contribution in [-0.2, 0) is 0 Å². The SMILES string of the molecule is CCCNc1cc(O)cc(C(=O)O)c1. The Hall–Kier alpha value is -1.71. The Morgan fingerprint density at radius 1 is 1.43 bits per heavy atom. The normalized spacial score (nSPS) is 9.79. The van der Waals surface area contributed by atoms with E-state index in [1.165, 1.54) is 18.2 Å². The van der Waals surface area contributed by atoms with Crippen LogP contribution in [0, 0.1) is 0 Å². The predicted octanol–water partition coefficient (Wildman–Crippen LogP) is 1.91. The molecular formula is C10H13NO3. The van der Waals surface area contributed by atoms with Crippen molar-refractivity contribution < 1.29 is 15.0 Å². The van der Waals surface area contributed by atoms with Crippen LogP contribution in [0.3, 0.4) is 0 Å². The van der Waals surface area contributed by atoms with Gasteiger partial charge >= 0.3 is 5.97 Å². The maximum absolute atomic E-state index is 10.6. The summed E-state index contributed by atoms with van der Waals surface area (Å²) in [5, 5.41) is 21.0. The van der Waals surface area contributed by atoms with Gasteiger partial charge in [-0.25, -0.2) is 4.79 Å². The van der Waals surface area contributed by atoms with Gasteiger partial charge in [0, 0.05) is 18.3 Å². The third-order valence-electron chi connectivity index (χ3n) is 1.74. The molecule has 0 bridgehead atoms. The molecule has 0 fully saturated rings. The van der Waals surface area contributed by atoms with Crippen molar-refractivity contribution in [1.29, 1.82) is 0 Å². The molecule has 0 aromatic heterocycles. The first-order valence-electron chi connectivity index (χ1n) is 4.44. The van der Waals surface area contributed by atoms with E-state index >= 15 is 0 Å². The number of nitrogens with one attached hydrogen (secondary N) is 1. The molecule has 0 spiro atoms. The molecule has 0 aliphatic carbocycles. The first-order valence-corrected chi connectivity index (χ1v) is 4.44. The summed E-state index contributed by atoms with van der Waals surface area (Å²) in [6.07, 6.45) is 0.943. The summed E-state index contributed by atoms with van der Waals surface area (Å²) in [6.45, 7) is 2.76. The van der Waals surface area contributed by atoms with Gasteiger partial charge in [-0.15, -0.1) is 0 Å². The zero-order valence-corrected chi connectivity index (χ0v) is 7.95. The quantitative estimate of drug-likeness (QED) is 0.686. The Balaban J connectivity index is 2.89. The number of anilines is 1. The molecule has 0 atom stereocenters. The predicted molar refractivity (Wildman–Crippen MR) is 53.8 cm³/mol. The van der Waals surface area contributed by atoms with Gasteiger partial charge < -0.3 is 15.5 Å². The lowest BCUT2D eigenvalue weighted by Gasteiger charge is -2.06. The second-order valence-electron chi connectivity index (χ2n) is 3.00. The summed E-state index contributed by atoms with van der Waals surface area (Å²) >= 11 is 0. The molecule has 0 saturated heterocycles. The Morgan fingerprint density at radius 2 is 2.14 bits per heavy atom. The third-order valence-corrected chi connectivity index (χ3v) is 1.74. The van der Waals surface area contributed by atoms with E-state index in [4.69, 9.17) is 5.11 Å². The fourth-order valence-electron chi connectivity index (χ4n) is 1.11. The van der Waals surface area contributed by atoms with Gasteiger partial charge in [-0.2, -0.15) is 0 Å². The van der Waals surface area contributed by atoms with Crippen LogP contribution in [0.25, 0.3) is 0 Å². The van der Waals surface area contributed by atoms with Gasteiger partial charge in [0.25, 0.3) is 0 Å². The summed E-state index contributed by atoms with van der Waals surface area (Å²) in [4.78, 5) is 10.6. The minimum Gasteiger partial charge on any atom is -0.508 e. The van der Waals surface area contributed by atoms with E-state index in [1.807, 2.05) is 6.92 Å². The average molecular weight is 195 g/mol. The van der Waals surface area contributed by atoms with Crippen molar-refractivity contribution in [2.45, 2.75) is 13.3 Å². The van der Waals surface area contributed by atoms with Crippen molar-refractivity contribution in [2.24, 2.45) is 0 Å². The van der Waals surface area contributed by atoms with Crippen LogP contribution in [0.2, 0.25) is 0 Å². The second kappa shape index (κ2) is 4.50. The first kappa shape index (κ1) is 10.4. The number of aromatic carboxylic acids is 1. The van der Waals surface area contributed by atoms with Crippen molar-refractivity contribution >= 4 is 11.7 Å². The van der Waals surface area contributed by atoms with E-state index in [-0.39, 0.29) is 11.3 Å². The number of rotatable bonds is 4. The van der Waals surface area contributed by atoms with Gasteiger partial charge in [-0.05, 0) is 18.6 Å². The minimum atomic E-state index is -1.04. The fraction of sp³-hybridized carbons (Fsp3) is 0.300. The van der Waals surface area contributed by atoms with Crippen molar-refractivity contribution in [1.82, 2.24) is 0 Å². The highest BCUT2D eigenvalue weighted by Crippen LogP contribution is 2.19. The smallest absolute Gasteiger partial charge is 0.335 e. The molecular weight excluding hydrogens is 182 g/mol. The highest BCUT2D eigenvalue weighted by atomic mass is 16.4. The van der Waals surface area contributed by atoms with Gasteiger partial charge in [0.05, 0.1) is 5.56 Å². The van der Waals surface area contributed by atoms with Gasteiger partial charge in [-0.1, -0.05) is 6.92 Å². The second-order valence-corrected chi connectivity index (χ2v) is 3.00. The van der Waals surface area contributed by atoms with E-state index in [0.29, 0.717) is 5.69 Å². The lowest BCUT2D eigenvalue weighted by atomic mass is 10.2. The van der Waals surface area contributed by atoms with E-state index in [9.17, 15) is 9.90 Å². The molecule has 0 aliphatic heterocycles. The molecule has 76 valence electrons. The van der Waals surface area contributed by atoms with Crippen LogP contribution in [0.4, 0.5) is 5.69 Å². The lowest BCUT2D eigenvalue weighted by Crippen LogP contribution is -2.02. The molecule has 14 heavy (non-hydrogen) atoms. The number of carboxylic acids is 1. The molecule has 0 heterocycles. The molecule has 4 nitrogen and oxygen atoms in total.